The number of methoxy groups -OCH3 is 1. The molecule has 3 heteroatoms. The van der Waals surface area contributed by atoms with E-state index in [4.69, 9.17) is 9.47 Å². The molecule has 0 aliphatic heterocycles. The lowest BCUT2D eigenvalue weighted by Gasteiger charge is -2.31. The third-order valence-corrected chi connectivity index (χ3v) is 3.27. The molecule has 0 radical (unpaired) electrons. The number of rotatable bonds is 6. The summed E-state index contributed by atoms with van der Waals surface area (Å²) in [5.74, 6) is 1.20. The molecule has 0 aromatic rings. The number of aliphatic hydroxyl groups is 1. The Kier molecular flexibility index (Phi) is 6.22. The quantitative estimate of drug-likeness (QED) is 0.688. The van der Waals surface area contributed by atoms with Gasteiger partial charge in [0.2, 0.25) is 0 Å². The molecule has 0 bridgehead atoms. The third-order valence-electron chi connectivity index (χ3n) is 3.27. The van der Waals surface area contributed by atoms with Crippen LogP contribution in [0.3, 0.4) is 0 Å². The van der Waals surface area contributed by atoms with Crippen molar-refractivity contribution in [3.8, 4) is 0 Å². The highest BCUT2D eigenvalue weighted by Gasteiger charge is 2.26. The zero-order chi connectivity index (χ0) is 11.1. The van der Waals surface area contributed by atoms with Gasteiger partial charge in [-0.25, -0.2) is 0 Å². The minimum absolute atomic E-state index is 0.104. The second-order valence-electron chi connectivity index (χ2n) is 4.64. The van der Waals surface area contributed by atoms with E-state index in [1.165, 1.54) is 6.42 Å². The van der Waals surface area contributed by atoms with E-state index in [0.29, 0.717) is 19.1 Å². The molecule has 0 heterocycles. The molecule has 1 rings (SSSR count). The van der Waals surface area contributed by atoms with Gasteiger partial charge in [0.15, 0.2) is 0 Å². The van der Waals surface area contributed by atoms with Gasteiger partial charge >= 0.3 is 0 Å². The molecule has 0 aromatic heterocycles. The highest BCUT2D eigenvalue weighted by molar-refractivity contribution is 4.77. The molecule has 1 saturated carbocycles. The maximum Gasteiger partial charge on any atom is 0.0700 e. The molecule has 0 spiro atoms. The van der Waals surface area contributed by atoms with Crippen LogP contribution in [0.25, 0.3) is 0 Å². The van der Waals surface area contributed by atoms with E-state index in [9.17, 15) is 5.11 Å². The Balaban J connectivity index is 2.08. The first-order valence-electron chi connectivity index (χ1n) is 5.98. The largest absolute Gasteiger partial charge is 0.393 e. The van der Waals surface area contributed by atoms with E-state index in [2.05, 4.69) is 6.92 Å². The van der Waals surface area contributed by atoms with Crippen molar-refractivity contribution in [1.29, 1.82) is 0 Å². The van der Waals surface area contributed by atoms with Crippen LogP contribution >= 0.6 is 0 Å². The monoisotopic (exact) mass is 216 g/mol. The van der Waals surface area contributed by atoms with E-state index in [1.54, 1.807) is 7.11 Å². The van der Waals surface area contributed by atoms with Gasteiger partial charge in [-0.05, 0) is 37.5 Å². The van der Waals surface area contributed by atoms with Crippen molar-refractivity contribution in [2.45, 2.75) is 38.7 Å². The maximum atomic E-state index is 9.81. The first-order valence-corrected chi connectivity index (χ1v) is 5.98. The molecule has 1 aliphatic carbocycles. The molecule has 1 aliphatic rings. The highest BCUT2D eigenvalue weighted by atomic mass is 16.5. The minimum atomic E-state index is -0.104. The van der Waals surface area contributed by atoms with Gasteiger partial charge in [-0.1, -0.05) is 6.92 Å². The maximum absolute atomic E-state index is 9.81. The molecule has 0 amide bonds. The van der Waals surface area contributed by atoms with Gasteiger partial charge in [-0.3, -0.25) is 0 Å². The molecule has 90 valence electrons. The van der Waals surface area contributed by atoms with E-state index < -0.39 is 0 Å². The second-order valence-corrected chi connectivity index (χ2v) is 4.64. The van der Waals surface area contributed by atoms with Gasteiger partial charge in [0.05, 0.1) is 19.3 Å². The van der Waals surface area contributed by atoms with Crippen molar-refractivity contribution in [3.05, 3.63) is 0 Å². The average molecular weight is 216 g/mol. The fourth-order valence-corrected chi connectivity index (χ4v) is 2.27. The molecular weight excluding hydrogens is 192 g/mol. The lowest BCUT2D eigenvalue weighted by Crippen LogP contribution is -2.29. The van der Waals surface area contributed by atoms with Crippen LogP contribution in [0.1, 0.15) is 32.6 Å². The van der Waals surface area contributed by atoms with Crippen molar-refractivity contribution in [3.63, 3.8) is 0 Å². The molecule has 0 aromatic carbocycles. The SMILES string of the molecule is COCCOCCC1CC(C)CCC1O. The predicted molar refractivity (Wildman–Crippen MR) is 59.8 cm³/mol. The minimum Gasteiger partial charge on any atom is -0.393 e. The van der Waals surface area contributed by atoms with Gasteiger partial charge in [0, 0.05) is 13.7 Å². The lowest BCUT2D eigenvalue weighted by atomic mass is 9.79. The Morgan fingerprint density at radius 2 is 2.00 bits per heavy atom. The summed E-state index contributed by atoms with van der Waals surface area (Å²) in [5, 5.41) is 9.81. The van der Waals surface area contributed by atoms with Gasteiger partial charge in [-0.2, -0.15) is 0 Å². The smallest absolute Gasteiger partial charge is 0.0700 e. The van der Waals surface area contributed by atoms with Crippen molar-refractivity contribution >= 4 is 0 Å². The lowest BCUT2D eigenvalue weighted by molar-refractivity contribution is 0.0166. The molecule has 15 heavy (non-hydrogen) atoms. The van der Waals surface area contributed by atoms with Crippen LogP contribution < -0.4 is 0 Å². The Bertz CT molecular complexity index is 161. The first kappa shape index (κ1) is 12.9. The fourth-order valence-electron chi connectivity index (χ4n) is 2.27. The van der Waals surface area contributed by atoms with Gasteiger partial charge < -0.3 is 14.6 Å². The number of aliphatic hydroxyl groups excluding tert-OH is 1. The summed E-state index contributed by atoms with van der Waals surface area (Å²) in [5.41, 5.74) is 0. The van der Waals surface area contributed by atoms with Crippen LogP contribution in [0.15, 0.2) is 0 Å². The Morgan fingerprint density at radius 3 is 2.73 bits per heavy atom. The highest BCUT2D eigenvalue weighted by Crippen LogP contribution is 2.30. The molecule has 3 atom stereocenters. The van der Waals surface area contributed by atoms with Crippen molar-refractivity contribution in [2.75, 3.05) is 26.9 Å². The Hall–Kier alpha value is -0.120. The summed E-state index contributed by atoms with van der Waals surface area (Å²) in [4.78, 5) is 0. The van der Waals surface area contributed by atoms with Crippen molar-refractivity contribution in [1.82, 2.24) is 0 Å². The van der Waals surface area contributed by atoms with Crippen LogP contribution in [0.5, 0.6) is 0 Å². The standard InChI is InChI=1S/C12H24O3/c1-10-3-4-12(13)11(9-10)5-6-15-8-7-14-2/h10-13H,3-9H2,1-2H3. The van der Waals surface area contributed by atoms with Gasteiger partial charge in [0.25, 0.3) is 0 Å². The molecule has 3 unspecified atom stereocenters. The van der Waals surface area contributed by atoms with Crippen LogP contribution in [0.2, 0.25) is 0 Å². The molecule has 1 fully saturated rings. The van der Waals surface area contributed by atoms with Crippen molar-refractivity contribution in [2.24, 2.45) is 11.8 Å². The normalized spacial score (nSPS) is 31.8. The summed E-state index contributed by atoms with van der Waals surface area (Å²) in [6.07, 6.45) is 4.16. The van der Waals surface area contributed by atoms with Crippen LogP contribution in [-0.2, 0) is 9.47 Å². The molecule has 3 nitrogen and oxygen atoms in total. The van der Waals surface area contributed by atoms with E-state index in [0.717, 1.165) is 31.8 Å². The first-order chi connectivity index (χ1) is 7.24. The van der Waals surface area contributed by atoms with E-state index >= 15 is 0 Å². The third kappa shape index (κ3) is 4.96. The summed E-state index contributed by atoms with van der Waals surface area (Å²) in [6, 6.07) is 0. The summed E-state index contributed by atoms with van der Waals surface area (Å²) in [7, 11) is 1.68. The van der Waals surface area contributed by atoms with E-state index in [-0.39, 0.29) is 6.10 Å². The number of hydrogen-bond acceptors (Lipinski definition) is 3. The van der Waals surface area contributed by atoms with E-state index in [1.807, 2.05) is 0 Å². The van der Waals surface area contributed by atoms with Crippen LogP contribution in [0.4, 0.5) is 0 Å². The zero-order valence-corrected chi connectivity index (χ0v) is 9.95. The average Bonchev–Trinajstić information content (AvgIpc) is 2.23. The second kappa shape index (κ2) is 7.20. The summed E-state index contributed by atoms with van der Waals surface area (Å²) < 4.78 is 10.3. The Morgan fingerprint density at radius 1 is 1.20 bits per heavy atom. The Labute approximate surface area is 92.8 Å². The predicted octanol–water partition coefficient (Wildman–Crippen LogP) is 1.84. The van der Waals surface area contributed by atoms with Crippen LogP contribution in [-0.4, -0.2) is 38.1 Å². The molecule has 0 saturated heterocycles. The van der Waals surface area contributed by atoms with Gasteiger partial charge in [-0.15, -0.1) is 0 Å². The zero-order valence-electron chi connectivity index (χ0n) is 9.95. The summed E-state index contributed by atoms with van der Waals surface area (Å²) >= 11 is 0. The summed E-state index contributed by atoms with van der Waals surface area (Å²) in [6.45, 7) is 4.33. The van der Waals surface area contributed by atoms with Crippen LogP contribution in [0, 0.1) is 11.8 Å². The van der Waals surface area contributed by atoms with Crippen molar-refractivity contribution < 1.29 is 14.6 Å². The molecular formula is C12H24O3. The van der Waals surface area contributed by atoms with Gasteiger partial charge in [0.1, 0.15) is 0 Å². The number of hydrogen-bond donors (Lipinski definition) is 1. The fraction of sp³-hybridized carbons (Fsp3) is 1.00. The topological polar surface area (TPSA) is 38.7 Å². The number of ether oxygens (including phenoxy) is 2. The molecule has 1 N–H and O–H groups in total.